The van der Waals surface area contributed by atoms with Gasteiger partial charge in [0.05, 0.1) is 4.92 Å². The molecule has 0 saturated heterocycles. The number of nitro benzene ring substituents is 1. The third-order valence-corrected chi connectivity index (χ3v) is 6.23. The molecule has 0 bridgehead atoms. The summed E-state index contributed by atoms with van der Waals surface area (Å²) in [6, 6.07) is 19.1. The van der Waals surface area contributed by atoms with Gasteiger partial charge in [-0.05, 0) is 45.9 Å². The van der Waals surface area contributed by atoms with Crippen molar-refractivity contribution in [1.29, 1.82) is 0 Å². The van der Waals surface area contributed by atoms with E-state index in [2.05, 4.69) is 23.5 Å². The van der Waals surface area contributed by atoms with Crippen molar-refractivity contribution in [2.75, 3.05) is 11.9 Å². The van der Waals surface area contributed by atoms with Crippen molar-refractivity contribution in [3.05, 3.63) is 104 Å². The SMILES string of the molecule is O=C1OCC2=C1Nc1ccc3c(c1C2c1cccc([N+](=O)[O-])c1)Cc1ccccc1-3. The highest BCUT2D eigenvalue weighted by Gasteiger charge is 2.40. The maximum atomic E-state index is 12.3. The second-order valence-corrected chi connectivity index (χ2v) is 7.77. The van der Waals surface area contributed by atoms with Gasteiger partial charge in [0.2, 0.25) is 0 Å². The second kappa shape index (κ2) is 6.03. The molecule has 0 amide bonds. The number of nitrogens with zero attached hydrogens (tertiary/aromatic N) is 1. The Labute approximate surface area is 172 Å². The Morgan fingerprint density at radius 1 is 1.03 bits per heavy atom. The molecule has 0 aromatic heterocycles. The van der Waals surface area contributed by atoms with E-state index in [4.69, 9.17) is 4.74 Å². The molecule has 1 unspecified atom stereocenters. The summed E-state index contributed by atoms with van der Waals surface area (Å²) < 4.78 is 5.33. The number of hydrogen-bond acceptors (Lipinski definition) is 5. The number of non-ortho nitro benzene ring substituents is 1. The summed E-state index contributed by atoms with van der Waals surface area (Å²) in [5.74, 6) is -0.651. The minimum absolute atomic E-state index is 0.0378. The highest BCUT2D eigenvalue weighted by atomic mass is 16.6. The third-order valence-electron chi connectivity index (χ3n) is 6.23. The molecule has 2 aliphatic heterocycles. The second-order valence-electron chi connectivity index (χ2n) is 7.77. The van der Waals surface area contributed by atoms with Crippen LogP contribution in [0.4, 0.5) is 11.4 Å². The summed E-state index contributed by atoms with van der Waals surface area (Å²) in [5.41, 5.74) is 8.89. The molecule has 2 heterocycles. The molecule has 0 radical (unpaired) electrons. The van der Waals surface area contributed by atoms with Crippen molar-refractivity contribution in [1.82, 2.24) is 0 Å². The molecule has 1 N–H and O–H groups in total. The zero-order valence-corrected chi connectivity index (χ0v) is 15.8. The molecule has 0 saturated carbocycles. The van der Waals surface area contributed by atoms with Crippen molar-refractivity contribution >= 4 is 17.3 Å². The number of carbonyl (C=O) groups is 1. The summed E-state index contributed by atoms with van der Waals surface area (Å²) in [6.45, 7) is 0.185. The van der Waals surface area contributed by atoms with E-state index in [1.54, 1.807) is 12.1 Å². The average Bonchev–Trinajstić information content (AvgIpc) is 3.32. The molecule has 146 valence electrons. The lowest BCUT2D eigenvalue weighted by Gasteiger charge is -2.29. The lowest BCUT2D eigenvalue weighted by Crippen LogP contribution is -2.21. The number of hydrogen-bond donors (Lipinski definition) is 1. The highest BCUT2D eigenvalue weighted by Crippen LogP contribution is 2.50. The quantitative estimate of drug-likeness (QED) is 0.306. The standard InChI is InChI=1S/C24H16N2O4/c27-24-23-19(12-30-24)21(14-5-3-6-15(10-14)26(28)29)22-18-11-13-4-1-2-7-16(13)17(18)8-9-20(22)25-23/h1-10,21,25H,11-12H2. The summed E-state index contributed by atoms with van der Waals surface area (Å²) in [7, 11) is 0. The monoisotopic (exact) mass is 396 g/mol. The van der Waals surface area contributed by atoms with Crippen molar-refractivity contribution in [2.45, 2.75) is 12.3 Å². The fraction of sp³-hybridized carbons (Fsp3) is 0.125. The summed E-state index contributed by atoms with van der Waals surface area (Å²) in [5, 5.41) is 14.7. The van der Waals surface area contributed by atoms with Crippen LogP contribution in [0.25, 0.3) is 11.1 Å². The first-order valence-electron chi connectivity index (χ1n) is 9.77. The van der Waals surface area contributed by atoms with Crippen molar-refractivity contribution in [3.8, 4) is 11.1 Å². The normalized spacial score (nSPS) is 18.1. The molecule has 6 nitrogen and oxygen atoms in total. The molecular formula is C24H16N2O4. The molecule has 1 aliphatic carbocycles. The molecular weight excluding hydrogens is 380 g/mol. The Kier molecular flexibility index (Phi) is 3.41. The number of nitrogens with one attached hydrogen (secondary N) is 1. The molecule has 1 atom stereocenters. The topological polar surface area (TPSA) is 81.5 Å². The number of cyclic esters (lactones) is 1. The highest BCUT2D eigenvalue weighted by molar-refractivity contribution is 5.98. The van der Waals surface area contributed by atoms with Crippen LogP contribution < -0.4 is 5.32 Å². The molecule has 3 aliphatic rings. The number of ether oxygens (including phenoxy) is 1. The van der Waals surface area contributed by atoms with Crippen molar-refractivity contribution in [3.63, 3.8) is 0 Å². The first-order valence-corrected chi connectivity index (χ1v) is 9.77. The Bertz CT molecular complexity index is 1310. The number of nitro groups is 1. The Hall–Kier alpha value is -3.93. The van der Waals surface area contributed by atoms with Gasteiger partial charge in [-0.25, -0.2) is 4.79 Å². The van der Waals surface area contributed by atoms with Crippen LogP contribution in [-0.2, 0) is 16.0 Å². The van der Waals surface area contributed by atoms with Crippen molar-refractivity contribution in [2.24, 2.45) is 0 Å². The van der Waals surface area contributed by atoms with Gasteiger partial charge in [0, 0.05) is 29.3 Å². The fourth-order valence-corrected chi connectivity index (χ4v) is 4.95. The van der Waals surface area contributed by atoms with Crippen LogP contribution in [0.15, 0.2) is 71.9 Å². The van der Waals surface area contributed by atoms with E-state index in [0.29, 0.717) is 5.70 Å². The maximum Gasteiger partial charge on any atom is 0.355 e. The van der Waals surface area contributed by atoms with Gasteiger partial charge in [-0.3, -0.25) is 10.1 Å². The first kappa shape index (κ1) is 17.0. The zero-order chi connectivity index (χ0) is 20.4. The lowest BCUT2D eigenvalue weighted by molar-refractivity contribution is -0.384. The molecule has 0 fully saturated rings. The number of carbonyl (C=O) groups excluding carboxylic acids is 1. The van der Waals surface area contributed by atoms with Crippen LogP contribution in [0, 0.1) is 10.1 Å². The van der Waals surface area contributed by atoms with E-state index in [0.717, 1.165) is 28.8 Å². The summed E-state index contributed by atoms with van der Waals surface area (Å²) in [4.78, 5) is 23.3. The lowest BCUT2D eigenvalue weighted by atomic mass is 9.78. The first-order chi connectivity index (χ1) is 14.6. The number of fused-ring (bicyclic) bond motifs is 5. The Morgan fingerprint density at radius 3 is 2.77 bits per heavy atom. The van der Waals surface area contributed by atoms with Crippen molar-refractivity contribution < 1.29 is 14.5 Å². The molecule has 6 heteroatoms. The van der Waals surface area contributed by atoms with E-state index in [9.17, 15) is 14.9 Å². The smallest absolute Gasteiger partial charge is 0.355 e. The molecule has 6 rings (SSSR count). The number of rotatable bonds is 2. The van der Waals surface area contributed by atoms with E-state index >= 15 is 0 Å². The van der Waals surface area contributed by atoms with E-state index in [1.807, 2.05) is 24.3 Å². The van der Waals surface area contributed by atoms with Crippen LogP contribution in [0.2, 0.25) is 0 Å². The van der Waals surface area contributed by atoms with E-state index in [-0.39, 0.29) is 29.1 Å². The van der Waals surface area contributed by atoms with Crippen LogP contribution in [0.5, 0.6) is 0 Å². The predicted octanol–water partition coefficient (Wildman–Crippen LogP) is 4.53. The van der Waals surface area contributed by atoms with Crippen LogP contribution >= 0.6 is 0 Å². The number of anilines is 1. The van der Waals surface area contributed by atoms with Gasteiger partial charge < -0.3 is 10.1 Å². The molecule has 3 aromatic rings. The van der Waals surface area contributed by atoms with Gasteiger partial charge in [0.25, 0.3) is 5.69 Å². The minimum Gasteiger partial charge on any atom is -0.456 e. The average molecular weight is 396 g/mol. The Morgan fingerprint density at radius 2 is 1.90 bits per heavy atom. The van der Waals surface area contributed by atoms with E-state index < -0.39 is 0 Å². The summed E-state index contributed by atoms with van der Waals surface area (Å²) in [6.07, 6.45) is 0.791. The Balaban J connectivity index is 1.61. The van der Waals surface area contributed by atoms with Gasteiger partial charge in [-0.2, -0.15) is 0 Å². The zero-order valence-electron chi connectivity index (χ0n) is 15.8. The van der Waals surface area contributed by atoms with Crippen LogP contribution in [0.1, 0.15) is 28.2 Å². The largest absolute Gasteiger partial charge is 0.456 e. The van der Waals surface area contributed by atoms with Gasteiger partial charge in [0.1, 0.15) is 12.3 Å². The summed E-state index contributed by atoms with van der Waals surface area (Å²) >= 11 is 0. The maximum absolute atomic E-state index is 12.3. The number of esters is 1. The van der Waals surface area contributed by atoms with E-state index in [1.165, 1.54) is 28.3 Å². The van der Waals surface area contributed by atoms with Gasteiger partial charge in [0.15, 0.2) is 0 Å². The third kappa shape index (κ3) is 2.27. The van der Waals surface area contributed by atoms with Gasteiger partial charge >= 0.3 is 5.97 Å². The van der Waals surface area contributed by atoms with Crippen LogP contribution in [0.3, 0.4) is 0 Å². The molecule has 3 aromatic carbocycles. The van der Waals surface area contributed by atoms with Gasteiger partial charge in [-0.15, -0.1) is 0 Å². The number of benzene rings is 3. The molecule has 0 spiro atoms. The minimum atomic E-state index is -0.387. The van der Waals surface area contributed by atoms with Gasteiger partial charge in [-0.1, -0.05) is 42.5 Å². The fourth-order valence-electron chi connectivity index (χ4n) is 4.95. The predicted molar refractivity (Wildman–Crippen MR) is 111 cm³/mol. The van der Waals surface area contributed by atoms with Crippen LogP contribution in [-0.4, -0.2) is 17.5 Å². The molecule has 30 heavy (non-hydrogen) atoms.